The molecule has 0 fully saturated rings. The van der Waals surface area contributed by atoms with Crippen molar-refractivity contribution in [1.29, 1.82) is 0 Å². The first kappa shape index (κ1) is 11.0. The Bertz CT molecular complexity index is 172. The fraction of sp³-hybridized carbons (Fsp3) is 0.778. The number of aliphatic hydroxyl groups excluding tert-OH is 1. The van der Waals surface area contributed by atoms with Gasteiger partial charge < -0.3 is 14.6 Å². The van der Waals surface area contributed by atoms with Crippen LogP contribution in [0.4, 0.5) is 0 Å². The van der Waals surface area contributed by atoms with Crippen molar-refractivity contribution >= 4 is 11.8 Å². The van der Waals surface area contributed by atoms with Crippen molar-refractivity contribution in [3.8, 4) is 0 Å². The lowest BCUT2D eigenvalue weighted by Gasteiger charge is -2.30. The smallest absolute Gasteiger partial charge is 0.133 e. The number of rotatable bonds is 4. The predicted molar refractivity (Wildman–Crippen MR) is 53.8 cm³/mol. The van der Waals surface area contributed by atoms with Crippen molar-refractivity contribution in [2.45, 2.75) is 24.6 Å². The molecule has 0 saturated heterocycles. The summed E-state index contributed by atoms with van der Waals surface area (Å²) in [6, 6.07) is 0. The fourth-order valence-corrected chi connectivity index (χ4v) is 2.15. The van der Waals surface area contributed by atoms with Crippen LogP contribution in [0, 0.1) is 0 Å². The normalized spacial score (nSPS) is 33.6. The van der Waals surface area contributed by atoms with Gasteiger partial charge in [-0.3, -0.25) is 0 Å². The molecule has 1 aliphatic heterocycles. The Morgan fingerprint density at radius 2 is 2.31 bits per heavy atom. The summed E-state index contributed by atoms with van der Waals surface area (Å²) < 4.78 is 10.8. The van der Waals surface area contributed by atoms with Crippen molar-refractivity contribution < 1.29 is 14.6 Å². The van der Waals surface area contributed by atoms with E-state index in [4.69, 9.17) is 14.6 Å². The van der Waals surface area contributed by atoms with Crippen LogP contribution in [-0.2, 0) is 9.47 Å². The van der Waals surface area contributed by atoms with Crippen LogP contribution in [-0.4, -0.2) is 42.2 Å². The largest absolute Gasteiger partial charge is 0.393 e. The molecule has 0 saturated carbocycles. The molecule has 1 aliphatic rings. The van der Waals surface area contributed by atoms with Crippen LogP contribution in [0.5, 0.6) is 0 Å². The van der Waals surface area contributed by atoms with Crippen LogP contribution in [0.2, 0.25) is 0 Å². The van der Waals surface area contributed by atoms with E-state index in [0.717, 1.165) is 5.75 Å². The van der Waals surface area contributed by atoms with E-state index >= 15 is 0 Å². The highest BCUT2D eigenvalue weighted by molar-refractivity contribution is 7.99. The zero-order chi connectivity index (χ0) is 9.68. The molecule has 13 heavy (non-hydrogen) atoms. The summed E-state index contributed by atoms with van der Waals surface area (Å²) >= 11 is 1.69. The quantitative estimate of drug-likeness (QED) is 0.694. The van der Waals surface area contributed by atoms with Crippen LogP contribution >= 0.6 is 11.8 Å². The monoisotopic (exact) mass is 204 g/mol. The lowest BCUT2D eigenvalue weighted by molar-refractivity contribution is -0.0406. The molecule has 0 unspecified atom stereocenters. The van der Waals surface area contributed by atoms with Gasteiger partial charge in [0.15, 0.2) is 0 Å². The van der Waals surface area contributed by atoms with E-state index < -0.39 is 0 Å². The van der Waals surface area contributed by atoms with Crippen LogP contribution in [0.25, 0.3) is 0 Å². The van der Waals surface area contributed by atoms with Gasteiger partial charge in [-0.05, 0) is 5.75 Å². The minimum Gasteiger partial charge on any atom is -0.393 e. The number of aliphatic hydroxyl groups is 1. The Balaban J connectivity index is 2.53. The van der Waals surface area contributed by atoms with Gasteiger partial charge in [-0.25, -0.2) is 0 Å². The first-order valence-electron chi connectivity index (χ1n) is 4.40. The molecule has 0 aromatic heterocycles. The van der Waals surface area contributed by atoms with Gasteiger partial charge in [-0.2, -0.15) is 0 Å². The van der Waals surface area contributed by atoms with Gasteiger partial charge in [-0.1, -0.05) is 19.1 Å². The molecular formula is C9H16O3S. The Labute approximate surface area is 83.1 Å². The highest BCUT2D eigenvalue weighted by Crippen LogP contribution is 2.24. The molecule has 0 aliphatic carbocycles. The molecule has 0 aromatic carbocycles. The Morgan fingerprint density at radius 1 is 1.54 bits per heavy atom. The Kier molecular flexibility index (Phi) is 4.80. The lowest BCUT2D eigenvalue weighted by Crippen LogP contribution is -2.35. The minimum atomic E-state index is -0.171. The summed E-state index contributed by atoms with van der Waals surface area (Å²) in [6.45, 7) is 2.11. The van der Waals surface area contributed by atoms with E-state index in [0.29, 0.717) is 0 Å². The third-order valence-corrected chi connectivity index (χ3v) is 2.92. The number of ether oxygens (including phenoxy) is 2. The summed E-state index contributed by atoms with van der Waals surface area (Å²) in [5, 5.41) is 8.91. The van der Waals surface area contributed by atoms with Crippen LogP contribution in [0.1, 0.15) is 6.92 Å². The summed E-state index contributed by atoms with van der Waals surface area (Å²) in [6.07, 6.45) is 3.64. The number of thioether (sulfide) groups is 1. The first-order chi connectivity index (χ1) is 6.31. The second-order valence-electron chi connectivity index (χ2n) is 2.77. The Hall–Kier alpha value is -0.0300. The van der Waals surface area contributed by atoms with Gasteiger partial charge in [-0.15, -0.1) is 11.8 Å². The molecule has 0 radical (unpaired) electrons. The van der Waals surface area contributed by atoms with Crippen molar-refractivity contribution in [3.63, 3.8) is 0 Å². The maximum absolute atomic E-state index is 8.91. The third kappa shape index (κ3) is 2.98. The van der Waals surface area contributed by atoms with E-state index in [1.54, 1.807) is 18.9 Å². The first-order valence-corrected chi connectivity index (χ1v) is 5.45. The molecule has 76 valence electrons. The molecule has 1 N–H and O–H groups in total. The van der Waals surface area contributed by atoms with Crippen LogP contribution < -0.4 is 0 Å². The number of methoxy groups -OCH3 is 1. The zero-order valence-corrected chi connectivity index (χ0v) is 8.79. The molecule has 1 heterocycles. The molecule has 3 atom stereocenters. The van der Waals surface area contributed by atoms with Crippen molar-refractivity contribution in [2.75, 3.05) is 19.5 Å². The molecular weight excluding hydrogens is 188 g/mol. The zero-order valence-electron chi connectivity index (χ0n) is 7.97. The average Bonchev–Trinajstić information content (AvgIpc) is 2.18. The summed E-state index contributed by atoms with van der Waals surface area (Å²) in [7, 11) is 1.67. The van der Waals surface area contributed by atoms with Crippen LogP contribution in [0.15, 0.2) is 12.2 Å². The molecule has 1 rings (SSSR count). The van der Waals surface area contributed by atoms with Gasteiger partial charge in [0.05, 0.1) is 6.61 Å². The highest BCUT2D eigenvalue weighted by atomic mass is 32.2. The SMILES string of the molecule is CCS[C@@H]1O[C@H](CO)C=C[C@@H]1OC. The fourth-order valence-electron chi connectivity index (χ4n) is 1.21. The van der Waals surface area contributed by atoms with E-state index in [2.05, 4.69) is 6.92 Å². The van der Waals surface area contributed by atoms with Gasteiger partial charge in [0.1, 0.15) is 17.6 Å². The second kappa shape index (κ2) is 5.65. The van der Waals surface area contributed by atoms with Gasteiger partial charge in [0.25, 0.3) is 0 Å². The second-order valence-corrected chi connectivity index (χ2v) is 4.14. The molecule has 3 nitrogen and oxygen atoms in total. The van der Waals surface area contributed by atoms with Gasteiger partial charge in [0, 0.05) is 7.11 Å². The third-order valence-electron chi connectivity index (χ3n) is 1.88. The molecule has 0 amide bonds. The number of hydrogen-bond donors (Lipinski definition) is 1. The highest BCUT2D eigenvalue weighted by Gasteiger charge is 2.26. The standard InChI is InChI=1S/C9H16O3S/c1-3-13-9-8(11-2)5-4-7(6-10)12-9/h4-5,7-10H,3,6H2,1-2H3/t7-,8-,9-/m0/s1. The lowest BCUT2D eigenvalue weighted by atomic mass is 10.2. The van der Waals surface area contributed by atoms with Crippen molar-refractivity contribution in [2.24, 2.45) is 0 Å². The summed E-state index contributed by atoms with van der Waals surface area (Å²) in [5.74, 6) is 0.983. The van der Waals surface area contributed by atoms with E-state index in [1.807, 2.05) is 12.2 Å². The molecule has 0 bridgehead atoms. The summed E-state index contributed by atoms with van der Waals surface area (Å²) in [4.78, 5) is 0. The van der Waals surface area contributed by atoms with Gasteiger partial charge in [0.2, 0.25) is 0 Å². The summed E-state index contributed by atoms with van der Waals surface area (Å²) in [5.41, 5.74) is 0.0112. The maximum Gasteiger partial charge on any atom is 0.133 e. The predicted octanol–water partition coefficient (Wildman–Crippen LogP) is 1.03. The topological polar surface area (TPSA) is 38.7 Å². The number of hydrogen-bond acceptors (Lipinski definition) is 4. The average molecular weight is 204 g/mol. The van der Waals surface area contributed by atoms with E-state index in [1.165, 1.54) is 0 Å². The Morgan fingerprint density at radius 3 is 2.85 bits per heavy atom. The molecule has 0 spiro atoms. The molecule has 4 heteroatoms. The minimum absolute atomic E-state index is 0.00718. The molecule has 0 aromatic rings. The van der Waals surface area contributed by atoms with Crippen molar-refractivity contribution in [3.05, 3.63) is 12.2 Å². The van der Waals surface area contributed by atoms with Crippen LogP contribution in [0.3, 0.4) is 0 Å². The van der Waals surface area contributed by atoms with Crippen molar-refractivity contribution in [1.82, 2.24) is 0 Å². The van der Waals surface area contributed by atoms with E-state index in [-0.39, 0.29) is 24.3 Å². The maximum atomic E-state index is 8.91. The van der Waals surface area contributed by atoms with E-state index in [9.17, 15) is 0 Å². The van der Waals surface area contributed by atoms with Gasteiger partial charge >= 0.3 is 0 Å².